The van der Waals surface area contributed by atoms with E-state index in [0.717, 1.165) is 6.07 Å². The molecule has 188 valence electrons. The molecule has 0 unspecified atom stereocenters. The van der Waals surface area contributed by atoms with Crippen molar-refractivity contribution in [2.24, 2.45) is 0 Å². The second-order valence-electron chi connectivity index (χ2n) is 7.83. The van der Waals surface area contributed by atoms with Crippen LogP contribution in [0, 0.1) is 11.6 Å². The number of anilines is 1. The van der Waals surface area contributed by atoms with Crippen LogP contribution < -0.4 is 24.4 Å². The van der Waals surface area contributed by atoms with Gasteiger partial charge in [-0.15, -0.1) is 0 Å². The Labute approximate surface area is 205 Å². The minimum absolute atomic E-state index is 0.0488. The number of nitrogens with one attached hydrogen (secondary N) is 2. The molecule has 3 aromatic rings. The van der Waals surface area contributed by atoms with Crippen LogP contribution in [0.25, 0.3) is 0 Å². The van der Waals surface area contributed by atoms with Crippen molar-refractivity contribution in [2.45, 2.75) is 17.4 Å². The van der Waals surface area contributed by atoms with Crippen LogP contribution in [-0.4, -0.2) is 40.2 Å². The Bertz CT molecular complexity index is 1400. The molecule has 0 saturated heterocycles. The first-order valence-corrected chi connectivity index (χ1v) is 12.1. The summed E-state index contributed by atoms with van der Waals surface area (Å²) in [5, 5.41) is 2.38. The Morgan fingerprint density at radius 3 is 2.42 bits per heavy atom. The molecule has 0 spiro atoms. The lowest BCUT2D eigenvalue weighted by Gasteiger charge is -2.25. The molecule has 9 nitrogen and oxygen atoms in total. The normalized spacial score (nSPS) is 13.1. The average Bonchev–Trinajstić information content (AvgIpc) is 3.32. The lowest BCUT2D eigenvalue weighted by atomic mass is 10.0. The largest absolute Gasteiger partial charge is 0.454 e. The summed E-state index contributed by atoms with van der Waals surface area (Å²) in [5.74, 6) is -2.19. The van der Waals surface area contributed by atoms with Crippen molar-refractivity contribution in [2.75, 3.05) is 18.7 Å². The van der Waals surface area contributed by atoms with E-state index in [2.05, 4.69) is 5.32 Å². The SMILES string of the molecule is CN(C(=O)[C@H](Cc1ccccc1)NC(=O)NS(=O)(=O)c1ccc(F)c(F)c1)c1ccc2c(c1)OCO2. The number of carbonyl (C=O) groups is 2. The summed E-state index contributed by atoms with van der Waals surface area (Å²) in [6.45, 7) is 0.0568. The topological polar surface area (TPSA) is 114 Å². The van der Waals surface area contributed by atoms with Gasteiger partial charge in [0.05, 0.1) is 4.90 Å². The molecule has 3 amide bonds. The van der Waals surface area contributed by atoms with E-state index >= 15 is 0 Å². The van der Waals surface area contributed by atoms with E-state index in [1.165, 1.54) is 11.9 Å². The fourth-order valence-corrected chi connectivity index (χ4v) is 4.44. The highest BCUT2D eigenvalue weighted by Crippen LogP contribution is 2.35. The quantitative estimate of drug-likeness (QED) is 0.498. The maximum atomic E-state index is 13.5. The van der Waals surface area contributed by atoms with E-state index in [9.17, 15) is 26.8 Å². The number of nitrogens with zero attached hydrogens (tertiary/aromatic N) is 1. The molecule has 1 heterocycles. The number of hydrogen-bond acceptors (Lipinski definition) is 6. The second kappa shape index (κ2) is 10.2. The number of amides is 3. The van der Waals surface area contributed by atoms with Gasteiger partial charge in [-0.25, -0.2) is 26.7 Å². The Hall–Kier alpha value is -4.19. The number of benzene rings is 3. The van der Waals surface area contributed by atoms with Gasteiger partial charge in [0.2, 0.25) is 12.7 Å². The van der Waals surface area contributed by atoms with Gasteiger partial charge in [-0.1, -0.05) is 30.3 Å². The number of likely N-dealkylation sites (N-methyl/N-ethyl adjacent to an activating group) is 1. The van der Waals surface area contributed by atoms with Crippen LogP contribution in [0.5, 0.6) is 11.5 Å². The maximum Gasteiger partial charge on any atom is 0.329 e. The molecule has 1 aliphatic heterocycles. The third-order valence-electron chi connectivity index (χ3n) is 5.39. The van der Waals surface area contributed by atoms with E-state index in [4.69, 9.17) is 9.47 Å². The van der Waals surface area contributed by atoms with Gasteiger partial charge < -0.3 is 19.7 Å². The molecule has 0 fully saturated rings. The van der Waals surface area contributed by atoms with Crippen molar-refractivity contribution in [3.63, 3.8) is 0 Å². The van der Waals surface area contributed by atoms with E-state index in [1.807, 2.05) is 0 Å². The van der Waals surface area contributed by atoms with E-state index < -0.39 is 44.5 Å². The van der Waals surface area contributed by atoms with E-state index in [0.29, 0.717) is 34.9 Å². The zero-order valence-electron chi connectivity index (χ0n) is 18.9. The molecule has 1 aliphatic rings. The monoisotopic (exact) mass is 517 g/mol. The number of rotatable bonds is 7. The van der Waals surface area contributed by atoms with Crippen LogP contribution in [0.15, 0.2) is 71.6 Å². The van der Waals surface area contributed by atoms with Crippen LogP contribution >= 0.6 is 0 Å². The number of urea groups is 1. The molecular formula is C24H21F2N3O6S. The smallest absolute Gasteiger partial charge is 0.329 e. The van der Waals surface area contributed by atoms with Gasteiger partial charge in [-0.3, -0.25) is 4.79 Å². The maximum absolute atomic E-state index is 13.5. The Morgan fingerprint density at radius 1 is 0.972 bits per heavy atom. The summed E-state index contributed by atoms with van der Waals surface area (Å²) < 4.78 is 64.0. The highest BCUT2D eigenvalue weighted by molar-refractivity contribution is 7.90. The minimum Gasteiger partial charge on any atom is -0.454 e. The molecule has 0 aliphatic carbocycles. The van der Waals surface area contributed by atoms with Gasteiger partial charge in [0.1, 0.15) is 6.04 Å². The lowest BCUT2D eigenvalue weighted by molar-refractivity contribution is -0.120. The molecule has 0 radical (unpaired) electrons. The molecular weight excluding hydrogens is 496 g/mol. The predicted molar refractivity (Wildman–Crippen MR) is 125 cm³/mol. The Kier molecular flexibility index (Phi) is 7.06. The predicted octanol–water partition coefficient (Wildman–Crippen LogP) is 2.96. The standard InChI is InChI=1S/C24H21F2N3O6S/c1-29(16-7-10-21-22(12-16)35-14-34-21)23(30)20(11-15-5-3-2-4-6-15)27-24(31)28-36(32,33)17-8-9-18(25)19(26)13-17/h2-10,12-13,20H,11,14H2,1H3,(H2,27,28,31)/t20-/m0/s1. The van der Waals surface area contributed by atoms with Crippen molar-refractivity contribution < 1.29 is 36.3 Å². The average molecular weight is 518 g/mol. The number of halogens is 2. The number of ether oxygens (including phenoxy) is 2. The summed E-state index contributed by atoms with van der Waals surface area (Å²) in [6.07, 6.45) is 0.0488. The summed E-state index contributed by atoms with van der Waals surface area (Å²) in [5.41, 5.74) is 1.16. The molecule has 0 saturated carbocycles. The third kappa shape index (κ3) is 5.54. The third-order valence-corrected chi connectivity index (χ3v) is 6.72. The van der Waals surface area contributed by atoms with Crippen LogP contribution in [0.3, 0.4) is 0 Å². The fourth-order valence-electron chi connectivity index (χ4n) is 3.52. The molecule has 3 aromatic carbocycles. The Balaban J connectivity index is 1.54. The minimum atomic E-state index is -4.55. The van der Waals surface area contributed by atoms with Crippen molar-refractivity contribution in [1.82, 2.24) is 10.0 Å². The van der Waals surface area contributed by atoms with Crippen LogP contribution in [-0.2, 0) is 21.2 Å². The molecule has 0 bridgehead atoms. The number of hydrogen-bond donors (Lipinski definition) is 2. The van der Waals surface area contributed by atoms with Crippen molar-refractivity contribution in [1.29, 1.82) is 0 Å². The fraction of sp³-hybridized carbons (Fsp3) is 0.167. The number of sulfonamides is 1. The highest BCUT2D eigenvalue weighted by atomic mass is 32.2. The van der Waals surface area contributed by atoms with Gasteiger partial charge in [0, 0.05) is 25.2 Å². The first-order valence-electron chi connectivity index (χ1n) is 10.6. The summed E-state index contributed by atoms with van der Waals surface area (Å²) in [6, 6.07) is 13.2. The molecule has 2 N–H and O–H groups in total. The number of fused-ring (bicyclic) bond motifs is 1. The molecule has 36 heavy (non-hydrogen) atoms. The van der Waals surface area contributed by atoms with Crippen molar-refractivity contribution in [3.05, 3.63) is 83.9 Å². The summed E-state index contributed by atoms with van der Waals surface area (Å²) in [7, 11) is -3.05. The zero-order chi connectivity index (χ0) is 25.9. The summed E-state index contributed by atoms with van der Waals surface area (Å²) in [4.78, 5) is 26.6. The van der Waals surface area contributed by atoms with Gasteiger partial charge >= 0.3 is 6.03 Å². The second-order valence-corrected chi connectivity index (χ2v) is 9.51. The van der Waals surface area contributed by atoms with Crippen molar-refractivity contribution in [3.8, 4) is 11.5 Å². The van der Waals surface area contributed by atoms with Crippen LogP contribution in [0.4, 0.5) is 19.3 Å². The molecule has 1 atom stereocenters. The number of carbonyl (C=O) groups excluding carboxylic acids is 2. The summed E-state index contributed by atoms with van der Waals surface area (Å²) >= 11 is 0. The van der Waals surface area contributed by atoms with E-state index in [-0.39, 0.29) is 13.2 Å². The Morgan fingerprint density at radius 2 is 1.69 bits per heavy atom. The molecule has 4 rings (SSSR count). The van der Waals surface area contributed by atoms with Crippen molar-refractivity contribution >= 4 is 27.6 Å². The van der Waals surface area contributed by atoms with Crippen LogP contribution in [0.2, 0.25) is 0 Å². The van der Waals surface area contributed by atoms with Gasteiger partial charge in [0.25, 0.3) is 10.0 Å². The lowest BCUT2D eigenvalue weighted by Crippen LogP contribution is -2.52. The van der Waals surface area contributed by atoms with Gasteiger partial charge in [0.15, 0.2) is 23.1 Å². The molecule has 0 aromatic heterocycles. The van der Waals surface area contributed by atoms with Crippen LogP contribution in [0.1, 0.15) is 5.56 Å². The highest BCUT2D eigenvalue weighted by Gasteiger charge is 2.28. The first-order chi connectivity index (χ1) is 17.1. The van der Waals surface area contributed by atoms with Gasteiger partial charge in [-0.2, -0.15) is 0 Å². The molecule has 12 heteroatoms. The zero-order valence-corrected chi connectivity index (χ0v) is 19.7. The first kappa shape index (κ1) is 24.9. The van der Waals surface area contributed by atoms with Gasteiger partial charge in [-0.05, 0) is 35.9 Å². The van der Waals surface area contributed by atoms with E-state index in [1.54, 1.807) is 53.3 Å².